The second-order valence-electron chi connectivity index (χ2n) is 2.91. The van der Waals surface area contributed by atoms with Gasteiger partial charge in [0.2, 0.25) is 0 Å². The van der Waals surface area contributed by atoms with Gasteiger partial charge in [0.05, 0.1) is 18.3 Å². The number of aryl methyl sites for hydroxylation is 1. The van der Waals surface area contributed by atoms with Gasteiger partial charge in [0.25, 0.3) is 0 Å². The number of hydrogen-bond donors (Lipinski definition) is 1. The highest BCUT2D eigenvalue weighted by molar-refractivity contribution is 5.10. The molecule has 2 unspecified atom stereocenters. The molecule has 0 aliphatic rings. The zero-order chi connectivity index (χ0) is 9.14. The molecule has 1 aromatic heterocycles. The van der Waals surface area contributed by atoms with Gasteiger partial charge in [-0.05, 0) is 6.92 Å². The number of methoxy groups -OCH3 is 1. The minimum absolute atomic E-state index is 0.0224. The van der Waals surface area contributed by atoms with Gasteiger partial charge in [-0.1, -0.05) is 0 Å². The quantitative estimate of drug-likeness (QED) is 0.715. The Morgan fingerprint density at radius 1 is 1.67 bits per heavy atom. The van der Waals surface area contributed by atoms with Gasteiger partial charge in [0.15, 0.2) is 0 Å². The molecule has 0 aromatic carbocycles. The van der Waals surface area contributed by atoms with Crippen molar-refractivity contribution in [3.8, 4) is 0 Å². The molecule has 0 aliphatic heterocycles. The van der Waals surface area contributed by atoms with Gasteiger partial charge in [-0.3, -0.25) is 4.68 Å². The fourth-order valence-electron chi connectivity index (χ4n) is 1.03. The lowest BCUT2D eigenvalue weighted by Crippen LogP contribution is -2.24. The first-order chi connectivity index (χ1) is 5.65. The van der Waals surface area contributed by atoms with Crippen LogP contribution >= 0.6 is 0 Å². The van der Waals surface area contributed by atoms with Crippen molar-refractivity contribution < 1.29 is 4.74 Å². The van der Waals surface area contributed by atoms with Crippen molar-refractivity contribution in [1.29, 1.82) is 0 Å². The molecule has 0 radical (unpaired) electrons. The van der Waals surface area contributed by atoms with Gasteiger partial charge in [0, 0.05) is 25.9 Å². The van der Waals surface area contributed by atoms with Crippen molar-refractivity contribution in [2.45, 2.75) is 19.1 Å². The molecule has 68 valence electrons. The van der Waals surface area contributed by atoms with Crippen molar-refractivity contribution in [3.63, 3.8) is 0 Å². The summed E-state index contributed by atoms with van der Waals surface area (Å²) in [5, 5.41) is 4.04. The Bertz CT molecular complexity index is 246. The number of ether oxygens (including phenoxy) is 1. The number of rotatable bonds is 3. The van der Waals surface area contributed by atoms with Gasteiger partial charge in [-0.25, -0.2) is 0 Å². The summed E-state index contributed by atoms with van der Waals surface area (Å²) in [6.07, 6.45) is 3.69. The monoisotopic (exact) mass is 169 g/mol. The van der Waals surface area contributed by atoms with Gasteiger partial charge in [0.1, 0.15) is 0 Å². The summed E-state index contributed by atoms with van der Waals surface area (Å²) in [6.45, 7) is 1.94. The fourth-order valence-corrected chi connectivity index (χ4v) is 1.03. The number of nitrogens with two attached hydrogens (primary N) is 1. The predicted octanol–water partition coefficient (Wildman–Crippen LogP) is 0.455. The van der Waals surface area contributed by atoms with E-state index >= 15 is 0 Å². The smallest absolute Gasteiger partial charge is 0.0736 e. The molecule has 4 heteroatoms. The van der Waals surface area contributed by atoms with Crippen LogP contribution in [0.2, 0.25) is 0 Å². The maximum Gasteiger partial charge on any atom is 0.0736 e. The van der Waals surface area contributed by atoms with E-state index in [4.69, 9.17) is 10.5 Å². The summed E-state index contributed by atoms with van der Waals surface area (Å²) in [4.78, 5) is 0. The normalized spacial score (nSPS) is 16.0. The van der Waals surface area contributed by atoms with Gasteiger partial charge >= 0.3 is 0 Å². The Labute approximate surface area is 72.3 Å². The molecule has 1 heterocycles. The van der Waals surface area contributed by atoms with E-state index in [2.05, 4.69) is 5.10 Å². The van der Waals surface area contributed by atoms with Crippen LogP contribution in [0.5, 0.6) is 0 Å². The molecule has 4 nitrogen and oxygen atoms in total. The Morgan fingerprint density at radius 2 is 2.33 bits per heavy atom. The van der Waals surface area contributed by atoms with Crippen LogP contribution in [0.4, 0.5) is 0 Å². The predicted molar refractivity (Wildman–Crippen MR) is 46.6 cm³/mol. The molecule has 1 rings (SSSR count). The van der Waals surface area contributed by atoms with Gasteiger partial charge < -0.3 is 10.5 Å². The first kappa shape index (κ1) is 9.22. The molecule has 0 fully saturated rings. The molecule has 0 amide bonds. The Kier molecular flexibility index (Phi) is 2.83. The highest BCUT2D eigenvalue weighted by atomic mass is 16.5. The lowest BCUT2D eigenvalue weighted by atomic mass is 10.1. The van der Waals surface area contributed by atoms with Crippen molar-refractivity contribution >= 4 is 0 Å². The van der Waals surface area contributed by atoms with Gasteiger partial charge in [-0.2, -0.15) is 5.10 Å². The maximum absolute atomic E-state index is 5.88. The third-order valence-electron chi connectivity index (χ3n) is 1.99. The molecular formula is C8H15N3O. The number of aromatic nitrogens is 2. The lowest BCUT2D eigenvalue weighted by Gasteiger charge is -2.16. The molecule has 0 aliphatic carbocycles. The van der Waals surface area contributed by atoms with Crippen molar-refractivity contribution in [3.05, 3.63) is 18.0 Å². The molecule has 0 bridgehead atoms. The molecule has 2 atom stereocenters. The van der Waals surface area contributed by atoms with E-state index in [1.54, 1.807) is 18.0 Å². The van der Waals surface area contributed by atoms with Crippen LogP contribution in [-0.4, -0.2) is 23.0 Å². The molecular weight excluding hydrogens is 154 g/mol. The van der Waals surface area contributed by atoms with Crippen LogP contribution in [0, 0.1) is 0 Å². The maximum atomic E-state index is 5.88. The van der Waals surface area contributed by atoms with Crippen LogP contribution in [0.25, 0.3) is 0 Å². The second-order valence-corrected chi connectivity index (χ2v) is 2.91. The van der Waals surface area contributed by atoms with Crippen LogP contribution in [-0.2, 0) is 11.8 Å². The number of nitrogens with zero attached hydrogens (tertiary/aromatic N) is 2. The summed E-state index contributed by atoms with van der Waals surface area (Å²) in [5.41, 5.74) is 6.89. The third kappa shape index (κ3) is 1.84. The van der Waals surface area contributed by atoms with E-state index in [9.17, 15) is 0 Å². The largest absolute Gasteiger partial charge is 0.380 e. The summed E-state index contributed by atoms with van der Waals surface area (Å²) in [5.74, 6) is 0. The first-order valence-corrected chi connectivity index (χ1v) is 3.92. The second kappa shape index (κ2) is 3.69. The zero-order valence-electron chi connectivity index (χ0n) is 7.69. The average Bonchev–Trinajstić information content (AvgIpc) is 2.49. The third-order valence-corrected chi connectivity index (χ3v) is 1.99. The Morgan fingerprint density at radius 3 is 2.75 bits per heavy atom. The standard InChI is InChI=1S/C8H15N3O/c1-6(12-3)8(9)7-4-10-11(2)5-7/h4-6,8H,9H2,1-3H3. The summed E-state index contributed by atoms with van der Waals surface area (Å²) < 4.78 is 6.85. The molecule has 0 saturated heterocycles. The highest BCUT2D eigenvalue weighted by Crippen LogP contribution is 2.14. The SMILES string of the molecule is COC(C)C(N)c1cnn(C)c1. The van der Waals surface area contributed by atoms with Crippen molar-refractivity contribution in [2.24, 2.45) is 12.8 Å². The van der Waals surface area contributed by atoms with Crippen molar-refractivity contribution in [1.82, 2.24) is 9.78 Å². The minimum atomic E-state index is -0.0938. The summed E-state index contributed by atoms with van der Waals surface area (Å²) in [7, 11) is 3.52. The van der Waals surface area contributed by atoms with Crippen molar-refractivity contribution in [2.75, 3.05) is 7.11 Å². The molecule has 0 spiro atoms. The van der Waals surface area contributed by atoms with Crippen LogP contribution in [0.3, 0.4) is 0 Å². The summed E-state index contributed by atoms with van der Waals surface area (Å²) in [6, 6.07) is -0.0938. The van der Waals surface area contributed by atoms with E-state index in [0.29, 0.717) is 0 Å². The van der Waals surface area contributed by atoms with E-state index in [-0.39, 0.29) is 12.1 Å². The molecule has 2 N–H and O–H groups in total. The number of hydrogen-bond acceptors (Lipinski definition) is 3. The van der Waals surface area contributed by atoms with Gasteiger partial charge in [-0.15, -0.1) is 0 Å². The van der Waals surface area contributed by atoms with Crippen LogP contribution in [0.15, 0.2) is 12.4 Å². The Hall–Kier alpha value is -0.870. The summed E-state index contributed by atoms with van der Waals surface area (Å²) >= 11 is 0. The van der Waals surface area contributed by atoms with E-state index < -0.39 is 0 Å². The molecule has 0 saturated carbocycles. The van der Waals surface area contributed by atoms with E-state index in [1.165, 1.54) is 0 Å². The zero-order valence-corrected chi connectivity index (χ0v) is 7.69. The Balaban J connectivity index is 2.70. The van der Waals surface area contributed by atoms with E-state index in [0.717, 1.165) is 5.56 Å². The first-order valence-electron chi connectivity index (χ1n) is 3.92. The van der Waals surface area contributed by atoms with Crippen LogP contribution in [0.1, 0.15) is 18.5 Å². The highest BCUT2D eigenvalue weighted by Gasteiger charge is 2.14. The molecule has 12 heavy (non-hydrogen) atoms. The topological polar surface area (TPSA) is 53.1 Å². The fraction of sp³-hybridized carbons (Fsp3) is 0.625. The van der Waals surface area contributed by atoms with E-state index in [1.807, 2.05) is 20.2 Å². The average molecular weight is 169 g/mol. The minimum Gasteiger partial charge on any atom is -0.380 e. The lowest BCUT2D eigenvalue weighted by molar-refractivity contribution is 0.0956. The van der Waals surface area contributed by atoms with Crippen LogP contribution < -0.4 is 5.73 Å². The molecule has 1 aromatic rings.